The van der Waals surface area contributed by atoms with Gasteiger partial charge in [0.05, 0.1) is 13.0 Å². The molecule has 3 aliphatic rings. The molecule has 9 N–H and O–H groups in total. The molecule has 5 atom stereocenters. The lowest BCUT2D eigenvalue weighted by molar-refractivity contribution is -0.153. The average molecular weight is 524 g/mol. The van der Waals surface area contributed by atoms with Crippen LogP contribution in [-0.2, 0) is 28.8 Å². The first kappa shape index (κ1) is 27.9. The average Bonchev–Trinajstić information content (AvgIpc) is 3.29. The number of nitrogens with zero attached hydrogens (tertiary/aromatic N) is 3. The van der Waals surface area contributed by atoms with Crippen LogP contribution < -0.4 is 33.2 Å². The Morgan fingerprint density at radius 3 is 2.38 bits per heavy atom. The fourth-order valence-electron chi connectivity index (χ4n) is 4.87. The molecule has 3 rings (SSSR count). The summed E-state index contributed by atoms with van der Waals surface area (Å²) in [4.78, 5) is 81.7. The molecule has 3 saturated heterocycles. The van der Waals surface area contributed by atoms with E-state index in [-0.39, 0.29) is 37.3 Å². The number of amides is 4. The lowest BCUT2D eigenvalue weighted by atomic mass is 9.98. The number of carbonyl (C=O) groups excluding carboxylic acids is 5. The highest BCUT2D eigenvalue weighted by Crippen LogP contribution is 2.32. The zero-order chi connectivity index (χ0) is 27.1. The van der Waals surface area contributed by atoms with Crippen LogP contribution in [0.2, 0.25) is 0 Å². The van der Waals surface area contributed by atoms with Crippen molar-refractivity contribution < 1.29 is 33.9 Å². The number of hydrazine groups is 2. The fourth-order valence-corrected chi connectivity index (χ4v) is 4.87. The smallest absolute Gasteiger partial charge is 0.305 e. The lowest BCUT2D eigenvalue weighted by Gasteiger charge is -2.39. The molecule has 0 aromatic rings. The van der Waals surface area contributed by atoms with E-state index in [0.717, 1.165) is 0 Å². The third kappa shape index (κ3) is 6.78. The van der Waals surface area contributed by atoms with E-state index in [0.29, 0.717) is 36.9 Å². The Morgan fingerprint density at radius 2 is 1.70 bits per heavy atom. The molecule has 0 aromatic heterocycles. The van der Waals surface area contributed by atoms with E-state index in [1.807, 2.05) is 0 Å². The quantitative estimate of drug-likeness (QED) is 0.0530. The molecule has 3 fully saturated rings. The van der Waals surface area contributed by atoms with Crippen LogP contribution in [0.25, 0.3) is 0 Å². The van der Waals surface area contributed by atoms with Gasteiger partial charge in [0.25, 0.3) is 5.91 Å². The van der Waals surface area contributed by atoms with Crippen molar-refractivity contribution >= 4 is 41.8 Å². The topological polar surface area (TPSA) is 242 Å². The molecule has 2 bridgehead atoms. The fraction of sp³-hybridized carbons (Fsp3) is 0.667. The number of carbonyl (C=O) groups is 6. The van der Waals surface area contributed by atoms with Crippen molar-refractivity contribution in [3.05, 3.63) is 0 Å². The molecule has 37 heavy (non-hydrogen) atoms. The summed E-state index contributed by atoms with van der Waals surface area (Å²) in [6.45, 7) is -0.486. The summed E-state index contributed by atoms with van der Waals surface area (Å²) >= 11 is 0. The van der Waals surface area contributed by atoms with E-state index in [9.17, 15) is 33.9 Å². The summed E-state index contributed by atoms with van der Waals surface area (Å²) in [5.74, 6) is -4.17. The van der Waals surface area contributed by atoms with Gasteiger partial charge in [-0.3, -0.25) is 39.3 Å². The Kier molecular flexibility index (Phi) is 9.48. The number of hydrogen-bond acceptors (Lipinski definition) is 10. The summed E-state index contributed by atoms with van der Waals surface area (Å²) in [5, 5.41) is 9.35. The van der Waals surface area contributed by atoms with Crippen molar-refractivity contribution in [1.29, 1.82) is 0 Å². The Bertz CT molecular complexity index is 955. The summed E-state index contributed by atoms with van der Waals surface area (Å²) in [6.07, 6.45) is 2.04. The Morgan fingerprint density at radius 1 is 1.00 bits per heavy atom. The molecular formula is C21H33N9O7. The first-order valence-corrected chi connectivity index (χ1v) is 12.1. The van der Waals surface area contributed by atoms with Crippen molar-refractivity contribution in [2.24, 2.45) is 16.5 Å². The first-order chi connectivity index (χ1) is 17.6. The Balaban J connectivity index is 1.92. The molecule has 4 amide bonds. The molecule has 0 spiro atoms. The van der Waals surface area contributed by atoms with Crippen molar-refractivity contribution in [2.75, 3.05) is 13.1 Å². The van der Waals surface area contributed by atoms with E-state index < -0.39 is 60.8 Å². The molecular weight excluding hydrogens is 490 g/mol. The number of nitrogens with two attached hydrogens (primary N) is 2. The second-order valence-corrected chi connectivity index (χ2v) is 9.15. The molecule has 0 saturated carbocycles. The van der Waals surface area contributed by atoms with Gasteiger partial charge in [-0.25, -0.2) is 16.3 Å². The van der Waals surface area contributed by atoms with Gasteiger partial charge in [-0.2, -0.15) is 0 Å². The third-order valence-corrected chi connectivity index (χ3v) is 6.66. The number of carboxylic acids is 1. The van der Waals surface area contributed by atoms with Gasteiger partial charge in [0.15, 0.2) is 5.96 Å². The maximum Gasteiger partial charge on any atom is 0.305 e. The van der Waals surface area contributed by atoms with E-state index in [2.05, 4.69) is 26.7 Å². The number of nitrogens with one attached hydrogen (secondary N) is 4. The van der Waals surface area contributed by atoms with Crippen molar-refractivity contribution in [3.63, 3.8) is 0 Å². The van der Waals surface area contributed by atoms with Gasteiger partial charge in [-0.15, -0.1) is 0 Å². The number of hydrogen-bond donors (Lipinski definition) is 7. The number of carboxylic acid groups (broad SMARTS) is 1. The van der Waals surface area contributed by atoms with E-state index in [4.69, 9.17) is 11.5 Å². The van der Waals surface area contributed by atoms with Crippen LogP contribution in [0.5, 0.6) is 0 Å². The first-order valence-electron chi connectivity index (χ1n) is 12.1. The minimum absolute atomic E-state index is 0.0613. The van der Waals surface area contributed by atoms with E-state index in [1.54, 1.807) is 0 Å². The van der Waals surface area contributed by atoms with Crippen LogP contribution in [-0.4, -0.2) is 100 Å². The summed E-state index contributed by atoms with van der Waals surface area (Å²) < 4.78 is 0. The number of aldehydes is 1. The predicted octanol–water partition coefficient (Wildman–Crippen LogP) is -3.94. The molecule has 3 heterocycles. The highest BCUT2D eigenvalue weighted by atomic mass is 16.4. The zero-order valence-corrected chi connectivity index (χ0v) is 20.2. The predicted molar refractivity (Wildman–Crippen MR) is 127 cm³/mol. The van der Waals surface area contributed by atoms with Gasteiger partial charge in [0, 0.05) is 12.6 Å². The van der Waals surface area contributed by atoms with Gasteiger partial charge in [-0.05, 0) is 38.5 Å². The lowest BCUT2D eigenvalue weighted by Crippen LogP contribution is -2.65. The number of piperidine rings is 1. The maximum absolute atomic E-state index is 13.4. The summed E-state index contributed by atoms with van der Waals surface area (Å²) in [5.41, 5.74) is 21.1. The highest BCUT2D eigenvalue weighted by Gasteiger charge is 2.46. The molecule has 204 valence electrons. The summed E-state index contributed by atoms with van der Waals surface area (Å²) in [6, 6.07) is -4.34. The third-order valence-electron chi connectivity index (χ3n) is 6.66. The number of rotatable bonds is 8. The maximum atomic E-state index is 13.4. The van der Waals surface area contributed by atoms with Crippen LogP contribution >= 0.6 is 0 Å². The molecule has 16 heteroatoms. The van der Waals surface area contributed by atoms with Gasteiger partial charge < -0.3 is 26.3 Å². The molecule has 0 aromatic carbocycles. The number of aliphatic carboxylic acids is 1. The van der Waals surface area contributed by atoms with Crippen LogP contribution in [0, 0.1) is 0 Å². The Labute approximate surface area is 212 Å². The molecule has 0 radical (unpaired) electrons. The van der Waals surface area contributed by atoms with E-state index >= 15 is 0 Å². The number of fused-ring (bicyclic) bond motifs is 1. The van der Waals surface area contributed by atoms with Crippen molar-refractivity contribution in [1.82, 2.24) is 31.5 Å². The normalized spacial score (nSPS) is 28.9. The van der Waals surface area contributed by atoms with Gasteiger partial charge in [0.2, 0.25) is 17.7 Å². The standard InChI is InChI=1S/C21H33N9O7/c22-21(23)24-7-1-2-12-18(35)29(8-9-31)19(36)14(10-16(32)33)27-25-13-5-3-11-4-6-15(17(34)28-26-12)30(11)20(13)37/h9,11-15,25-27H,1-8,10H2,(H,28,34)(H,32,33)(H4,22,23,24)/t11?,12-,13?,14-,15-/m0/s1. The van der Waals surface area contributed by atoms with Crippen LogP contribution in [0.15, 0.2) is 4.99 Å². The van der Waals surface area contributed by atoms with Crippen LogP contribution in [0.1, 0.15) is 44.9 Å². The Hall–Kier alpha value is -3.63. The second kappa shape index (κ2) is 12.6. The minimum Gasteiger partial charge on any atom is -0.481 e. The van der Waals surface area contributed by atoms with E-state index in [1.165, 1.54) is 4.90 Å². The molecule has 0 aliphatic carbocycles. The van der Waals surface area contributed by atoms with Gasteiger partial charge in [-0.1, -0.05) is 0 Å². The zero-order valence-electron chi connectivity index (χ0n) is 20.2. The largest absolute Gasteiger partial charge is 0.481 e. The van der Waals surface area contributed by atoms with Crippen LogP contribution in [0.4, 0.5) is 0 Å². The van der Waals surface area contributed by atoms with Crippen molar-refractivity contribution in [3.8, 4) is 0 Å². The molecule has 16 nitrogen and oxygen atoms in total. The second-order valence-electron chi connectivity index (χ2n) is 9.15. The SMILES string of the molecule is NC(N)=NCCC[C@@H]1NNC(=O)[C@@H]2CCC3CCC(NN[C@@H](CC(=O)O)C(=O)N(CC=O)C1=O)C(=O)N32. The van der Waals surface area contributed by atoms with Gasteiger partial charge in [0.1, 0.15) is 30.5 Å². The summed E-state index contributed by atoms with van der Waals surface area (Å²) in [7, 11) is 0. The number of aliphatic imine (C=N–C) groups is 1. The number of imide groups is 1. The molecule has 3 aliphatic heterocycles. The number of guanidine groups is 1. The van der Waals surface area contributed by atoms with Gasteiger partial charge >= 0.3 is 5.97 Å². The minimum atomic E-state index is -1.46. The highest BCUT2D eigenvalue weighted by molar-refractivity contribution is 6.02. The van der Waals surface area contributed by atoms with Crippen LogP contribution in [0.3, 0.4) is 0 Å². The molecule has 2 unspecified atom stereocenters. The van der Waals surface area contributed by atoms with Crippen molar-refractivity contribution in [2.45, 2.75) is 75.2 Å². The monoisotopic (exact) mass is 523 g/mol.